The molecule has 7 heteroatoms. The zero-order valence-corrected chi connectivity index (χ0v) is 13.7. The van der Waals surface area contributed by atoms with Crippen molar-refractivity contribution in [1.29, 1.82) is 0 Å². The van der Waals surface area contributed by atoms with Gasteiger partial charge in [0.2, 0.25) is 11.8 Å². The van der Waals surface area contributed by atoms with Gasteiger partial charge in [-0.25, -0.2) is 0 Å². The Hall–Kier alpha value is -2.83. The van der Waals surface area contributed by atoms with Crippen LogP contribution in [-0.2, 0) is 22.2 Å². The monoisotopic (exact) mass is 350 g/mol. The molecule has 0 saturated heterocycles. The van der Waals surface area contributed by atoms with Crippen molar-refractivity contribution in [3.63, 3.8) is 0 Å². The predicted molar refractivity (Wildman–Crippen MR) is 89.3 cm³/mol. The fraction of sp³-hybridized carbons (Fsp3) is 0.222. The van der Waals surface area contributed by atoms with E-state index in [9.17, 15) is 22.8 Å². The van der Waals surface area contributed by atoms with Gasteiger partial charge in [-0.15, -0.1) is 0 Å². The summed E-state index contributed by atoms with van der Waals surface area (Å²) in [6.07, 6.45) is -4.44. The van der Waals surface area contributed by atoms with Gasteiger partial charge in [0.05, 0.1) is 12.0 Å². The molecule has 0 aromatic heterocycles. The predicted octanol–water partition coefficient (Wildman–Crippen LogP) is 3.87. The van der Waals surface area contributed by atoms with Gasteiger partial charge in [-0.3, -0.25) is 9.59 Å². The molecule has 0 heterocycles. The number of carbonyl (C=O) groups excluding carboxylic acids is 2. The van der Waals surface area contributed by atoms with Gasteiger partial charge >= 0.3 is 6.18 Å². The number of carbonyl (C=O) groups is 2. The van der Waals surface area contributed by atoms with Crippen LogP contribution in [0.15, 0.2) is 48.5 Å². The van der Waals surface area contributed by atoms with Crippen LogP contribution in [-0.4, -0.2) is 18.9 Å². The van der Waals surface area contributed by atoms with E-state index in [1.165, 1.54) is 24.0 Å². The summed E-state index contributed by atoms with van der Waals surface area (Å²) in [7, 11) is 1.64. The maximum absolute atomic E-state index is 12.7. The topological polar surface area (TPSA) is 49.4 Å². The van der Waals surface area contributed by atoms with Crippen LogP contribution < -0.4 is 10.2 Å². The number of nitrogens with zero attached hydrogens (tertiary/aromatic N) is 1. The summed E-state index contributed by atoms with van der Waals surface area (Å²) in [5, 5.41) is 2.46. The van der Waals surface area contributed by atoms with Crippen LogP contribution >= 0.6 is 0 Å². The van der Waals surface area contributed by atoms with Gasteiger partial charge in [-0.1, -0.05) is 18.2 Å². The number of benzene rings is 2. The number of alkyl halides is 3. The van der Waals surface area contributed by atoms with E-state index in [1.807, 2.05) is 0 Å². The molecule has 2 rings (SSSR count). The highest BCUT2D eigenvalue weighted by Gasteiger charge is 2.30. The average Bonchev–Trinajstić information content (AvgIpc) is 2.54. The van der Waals surface area contributed by atoms with Crippen molar-refractivity contribution in [3.05, 3.63) is 59.7 Å². The quantitative estimate of drug-likeness (QED) is 0.910. The van der Waals surface area contributed by atoms with E-state index in [0.717, 1.165) is 12.1 Å². The van der Waals surface area contributed by atoms with Gasteiger partial charge in [0.15, 0.2) is 0 Å². The first-order valence-electron chi connectivity index (χ1n) is 7.47. The van der Waals surface area contributed by atoms with Crippen molar-refractivity contribution in [2.45, 2.75) is 19.5 Å². The summed E-state index contributed by atoms with van der Waals surface area (Å²) in [6.45, 7) is 1.44. The van der Waals surface area contributed by atoms with Crippen molar-refractivity contribution < 1.29 is 22.8 Å². The average molecular weight is 350 g/mol. The zero-order valence-electron chi connectivity index (χ0n) is 13.7. The first kappa shape index (κ1) is 18.5. The summed E-state index contributed by atoms with van der Waals surface area (Å²) >= 11 is 0. The van der Waals surface area contributed by atoms with E-state index in [0.29, 0.717) is 11.3 Å². The Morgan fingerprint density at radius 3 is 2.28 bits per heavy atom. The fourth-order valence-electron chi connectivity index (χ4n) is 2.18. The molecule has 1 N–H and O–H groups in total. The van der Waals surface area contributed by atoms with Crippen LogP contribution in [0.3, 0.4) is 0 Å². The molecule has 4 nitrogen and oxygen atoms in total. The maximum Gasteiger partial charge on any atom is 0.416 e. The number of amides is 2. The summed E-state index contributed by atoms with van der Waals surface area (Å²) in [4.78, 5) is 24.8. The van der Waals surface area contributed by atoms with Crippen molar-refractivity contribution >= 4 is 23.2 Å². The highest BCUT2D eigenvalue weighted by Crippen LogP contribution is 2.30. The van der Waals surface area contributed by atoms with Gasteiger partial charge in [0, 0.05) is 25.3 Å². The maximum atomic E-state index is 12.7. The number of hydrogen-bond donors (Lipinski definition) is 1. The molecule has 25 heavy (non-hydrogen) atoms. The third-order valence-electron chi connectivity index (χ3n) is 3.63. The Kier molecular flexibility index (Phi) is 5.46. The van der Waals surface area contributed by atoms with Gasteiger partial charge in [-0.2, -0.15) is 13.2 Å². The number of hydrogen-bond acceptors (Lipinski definition) is 2. The molecule has 0 aliphatic heterocycles. The number of nitrogens with one attached hydrogen (secondary N) is 1. The first-order valence-corrected chi connectivity index (χ1v) is 7.47. The molecule has 2 amide bonds. The van der Waals surface area contributed by atoms with Crippen molar-refractivity contribution in [3.8, 4) is 0 Å². The lowest BCUT2D eigenvalue weighted by Gasteiger charge is -2.15. The summed E-state index contributed by atoms with van der Waals surface area (Å²) < 4.78 is 38.0. The molecule has 0 atom stereocenters. The van der Waals surface area contributed by atoms with Crippen LogP contribution in [0.2, 0.25) is 0 Å². The number of anilines is 2. The Bertz CT molecular complexity index is 771. The normalized spacial score (nSPS) is 11.1. The van der Waals surface area contributed by atoms with E-state index in [2.05, 4.69) is 5.32 Å². The highest BCUT2D eigenvalue weighted by atomic mass is 19.4. The molecule has 0 spiro atoms. The zero-order chi connectivity index (χ0) is 18.6. The Morgan fingerprint density at radius 1 is 1.08 bits per heavy atom. The molecule has 0 unspecified atom stereocenters. The Balaban J connectivity index is 2.02. The third-order valence-corrected chi connectivity index (χ3v) is 3.63. The van der Waals surface area contributed by atoms with Crippen LogP contribution in [0.4, 0.5) is 24.5 Å². The lowest BCUT2D eigenvalue weighted by atomic mass is 10.1. The van der Waals surface area contributed by atoms with Crippen LogP contribution in [0.1, 0.15) is 18.1 Å². The second kappa shape index (κ2) is 7.38. The van der Waals surface area contributed by atoms with E-state index in [4.69, 9.17) is 0 Å². The molecule has 0 aliphatic rings. The van der Waals surface area contributed by atoms with Gasteiger partial charge in [0.25, 0.3) is 0 Å². The third kappa shape index (κ3) is 5.07. The molecule has 0 aliphatic carbocycles. The lowest BCUT2D eigenvalue weighted by molar-refractivity contribution is -0.137. The molecule has 132 valence electrons. The summed E-state index contributed by atoms with van der Waals surface area (Å²) in [5.74, 6) is -0.540. The van der Waals surface area contributed by atoms with Crippen LogP contribution in [0.25, 0.3) is 0 Å². The second-order valence-corrected chi connectivity index (χ2v) is 5.55. The van der Waals surface area contributed by atoms with Crippen molar-refractivity contribution in [2.75, 3.05) is 17.3 Å². The Labute approximate surface area is 143 Å². The molecule has 0 bridgehead atoms. The minimum Gasteiger partial charge on any atom is -0.326 e. The molecular weight excluding hydrogens is 333 g/mol. The molecule has 0 fully saturated rings. The van der Waals surface area contributed by atoms with Gasteiger partial charge < -0.3 is 10.2 Å². The van der Waals surface area contributed by atoms with E-state index in [1.54, 1.807) is 31.3 Å². The smallest absolute Gasteiger partial charge is 0.326 e. The number of rotatable bonds is 4. The largest absolute Gasteiger partial charge is 0.416 e. The molecule has 0 saturated carbocycles. The molecule has 2 aromatic rings. The molecular formula is C18H17F3N2O2. The van der Waals surface area contributed by atoms with Crippen LogP contribution in [0, 0.1) is 0 Å². The van der Waals surface area contributed by atoms with Gasteiger partial charge in [-0.05, 0) is 35.9 Å². The standard InChI is InChI=1S/C18H17F3N2O2/c1-12(24)23(2)16-8-6-13(7-9-16)10-17(25)22-15-5-3-4-14(11-15)18(19,20)21/h3-9,11H,10H2,1-2H3,(H,22,25). The van der Waals surface area contributed by atoms with E-state index >= 15 is 0 Å². The summed E-state index contributed by atoms with van der Waals surface area (Å²) in [6, 6.07) is 11.3. The van der Waals surface area contributed by atoms with E-state index < -0.39 is 17.6 Å². The Morgan fingerprint density at radius 2 is 1.72 bits per heavy atom. The van der Waals surface area contributed by atoms with Crippen LogP contribution in [0.5, 0.6) is 0 Å². The number of halogens is 3. The minimum atomic E-state index is -4.46. The van der Waals surface area contributed by atoms with Crippen molar-refractivity contribution in [1.82, 2.24) is 0 Å². The summed E-state index contributed by atoms with van der Waals surface area (Å²) in [5.41, 5.74) is 0.648. The molecule has 2 aromatic carbocycles. The van der Waals surface area contributed by atoms with Crippen molar-refractivity contribution in [2.24, 2.45) is 0 Å². The second-order valence-electron chi connectivity index (χ2n) is 5.55. The van der Waals surface area contributed by atoms with E-state index in [-0.39, 0.29) is 18.0 Å². The fourth-order valence-corrected chi connectivity index (χ4v) is 2.18. The van der Waals surface area contributed by atoms with Gasteiger partial charge in [0.1, 0.15) is 0 Å². The molecule has 0 radical (unpaired) electrons. The SMILES string of the molecule is CC(=O)N(C)c1ccc(CC(=O)Nc2cccc(C(F)(F)F)c2)cc1. The minimum absolute atomic E-state index is 0.0142. The first-order chi connectivity index (χ1) is 11.7. The lowest BCUT2D eigenvalue weighted by Crippen LogP contribution is -2.22. The highest BCUT2D eigenvalue weighted by molar-refractivity contribution is 5.93.